The van der Waals surface area contributed by atoms with E-state index in [1.807, 2.05) is 24.5 Å². The molecule has 1 heterocycles. The van der Waals surface area contributed by atoms with Gasteiger partial charge in [-0.15, -0.1) is 0 Å². The number of aryl methyl sites for hydroxylation is 1. The maximum Gasteiger partial charge on any atom is 0.337 e. The van der Waals surface area contributed by atoms with Crippen molar-refractivity contribution in [3.05, 3.63) is 80.6 Å². The molecule has 29 heavy (non-hydrogen) atoms. The number of aliphatic imine (C=N–C) groups is 1. The van der Waals surface area contributed by atoms with Crippen molar-refractivity contribution in [3.63, 3.8) is 0 Å². The van der Waals surface area contributed by atoms with E-state index < -0.39 is 11.9 Å². The SMILES string of the molecule is Cc1cc(C=Nc2cc(C(=O)O)ccc2Cl)c(C)n1-c1ccc(C(=O)O)c(Cl)c1. The Morgan fingerprint density at radius 3 is 2.31 bits per heavy atom. The van der Waals surface area contributed by atoms with Gasteiger partial charge in [0.2, 0.25) is 0 Å². The van der Waals surface area contributed by atoms with E-state index in [0.29, 0.717) is 10.7 Å². The Hall–Kier alpha value is -3.09. The van der Waals surface area contributed by atoms with Crippen LogP contribution in [0, 0.1) is 13.8 Å². The lowest BCUT2D eigenvalue weighted by atomic mass is 10.2. The second-order valence-electron chi connectivity index (χ2n) is 6.36. The van der Waals surface area contributed by atoms with Crippen molar-refractivity contribution in [2.24, 2.45) is 4.99 Å². The number of aromatic carboxylic acids is 2. The molecule has 0 atom stereocenters. The molecule has 0 aliphatic rings. The van der Waals surface area contributed by atoms with Crippen LogP contribution in [0.2, 0.25) is 10.0 Å². The molecule has 0 fully saturated rings. The number of carboxylic acids is 2. The van der Waals surface area contributed by atoms with Crippen LogP contribution in [0.1, 0.15) is 37.7 Å². The molecule has 0 amide bonds. The lowest BCUT2D eigenvalue weighted by Crippen LogP contribution is -2.02. The number of aromatic nitrogens is 1. The van der Waals surface area contributed by atoms with Crippen LogP contribution in [0.15, 0.2) is 47.5 Å². The molecule has 0 aliphatic carbocycles. The number of hydrogen-bond donors (Lipinski definition) is 2. The first-order valence-electron chi connectivity index (χ1n) is 8.48. The molecule has 0 saturated heterocycles. The van der Waals surface area contributed by atoms with Crippen LogP contribution in [0.3, 0.4) is 0 Å². The first-order valence-corrected chi connectivity index (χ1v) is 9.23. The largest absolute Gasteiger partial charge is 0.478 e. The normalized spacial score (nSPS) is 11.2. The summed E-state index contributed by atoms with van der Waals surface area (Å²) >= 11 is 12.2. The lowest BCUT2D eigenvalue weighted by Gasteiger charge is -2.11. The number of carboxylic acid groups (broad SMARTS) is 2. The number of hydrogen-bond acceptors (Lipinski definition) is 3. The van der Waals surface area contributed by atoms with E-state index in [-0.39, 0.29) is 16.1 Å². The van der Waals surface area contributed by atoms with E-state index in [9.17, 15) is 9.59 Å². The number of nitrogens with zero attached hydrogens (tertiary/aromatic N) is 2. The van der Waals surface area contributed by atoms with E-state index in [4.69, 9.17) is 33.4 Å². The molecule has 3 rings (SSSR count). The highest BCUT2D eigenvalue weighted by Gasteiger charge is 2.14. The lowest BCUT2D eigenvalue weighted by molar-refractivity contribution is 0.0686. The molecule has 0 saturated carbocycles. The van der Waals surface area contributed by atoms with Gasteiger partial charge < -0.3 is 14.8 Å². The highest BCUT2D eigenvalue weighted by atomic mass is 35.5. The van der Waals surface area contributed by atoms with Gasteiger partial charge in [-0.05, 0) is 56.3 Å². The van der Waals surface area contributed by atoms with Gasteiger partial charge in [-0.1, -0.05) is 23.2 Å². The van der Waals surface area contributed by atoms with E-state index in [0.717, 1.165) is 22.6 Å². The predicted octanol–water partition coefficient (Wildman–Crippen LogP) is 5.55. The third-order valence-electron chi connectivity index (χ3n) is 4.45. The molecule has 0 radical (unpaired) electrons. The molecule has 2 N–H and O–H groups in total. The fourth-order valence-electron chi connectivity index (χ4n) is 3.02. The topological polar surface area (TPSA) is 91.9 Å². The second-order valence-corrected chi connectivity index (χ2v) is 7.18. The summed E-state index contributed by atoms with van der Waals surface area (Å²) in [7, 11) is 0. The van der Waals surface area contributed by atoms with E-state index in [1.54, 1.807) is 18.3 Å². The summed E-state index contributed by atoms with van der Waals surface area (Å²) in [6, 6.07) is 11.0. The highest BCUT2D eigenvalue weighted by Crippen LogP contribution is 2.28. The minimum atomic E-state index is -1.09. The minimum Gasteiger partial charge on any atom is -0.478 e. The zero-order valence-corrected chi connectivity index (χ0v) is 17.0. The van der Waals surface area contributed by atoms with Gasteiger partial charge in [0.25, 0.3) is 0 Å². The molecule has 0 aliphatic heterocycles. The third-order valence-corrected chi connectivity index (χ3v) is 5.08. The van der Waals surface area contributed by atoms with Gasteiger partial charge in [-0.3, -0.25) is 4.99 Å². The van der Waals surface area contributed by atoms with Crippen LogP contribution < -0.4 is 0 Å². The predicted molar refractivity (Wildman–Crippen MR) is 113 cm³/mol. The van der Waals surface area contributed by atoms with Crippen molar-refractivity contribution in [2.45, 2.75) is 13.8 Å². The maximum absolute atomic E-state index is 11.2. The Morgan fingerprint density at radius 2 is 1.69 bits per heavy atom. The number of benzene rings is 2. The first-order chi connectivity index (χ1) is 13.7. The Morgan fingerprint density at radius 1 is 0.966 bits per heavy atom. The smallest absolute Gasteiger partial charge is 0.337 e. The van der Waals surface area contributed by atoms with Crippen molar-refractivity contribution in [1.82, 2.24) is 4.57 Å². The van der Waals surface area contributed by atoms with Crippen LogP contribution in [-0.2, 0) is 0 Å². The quantitative estimate of drug-likeness (QED) is 0.519. The zero-order chi connectivity index (χ0) is 21.3. The molecule has 3 aromatic rings. The van der Waals surface area contributed by atoms with E-state index >= 15 is 0 Å². The monoisotopic (exact) mass is 430 g/mol. The van der Waals surface area contributed by atoms with E-state index in [2.05, 4.69) is 4.99 Å². The third kappa shape index (κ3) is 4.18. The van der Waals surface area contributed by atoms with Gasteiger partial charge in [0, 0.05) is 28.9 Å². The van der Waals surface area contributed by atoms with Crippen LogP contribution >= 0.6 is 23.2 Å². The molecule has 0 bridgehead atoms. The van der Waals surface area contributed by atoms with Gasteiger partial charge in [0.1, 0.15) is 0 Å². The maximum atomic E-state index is 11.2. The van der Waals surface area contributed by atoms with Gasteiger partial charge in [-0.25, -0.2) is 9.59 Å². The fourth-order valence-corrected chi connectivity index (χ4v) is 3.44. The van der Waals surface area contributed by atoms with E-state index in [1.165, 1.54) is 24.3 Å². The molecule has 0 unspecified atom stereocenters. The molecule has 8 heteroatoms. The molecular weight excluding hydrogens is 415 g/mol. The van der Waals surface area contributed by atoms with Crippen LogP contribution in [0.4, 0.5) is 5.69 Å². The average Bonchev–Trinajstić information content (AvgIpc) is 2.93. The van der Waals surface area contributed by atoms with Crippen LogP contribution in [0.25, 0.3) is 5.69 Å². The summed E-state index contributed by atoms with van der Waals surface area (Å²) in [5.74, 6) is -2.14. The Labute approximate surface area is 176 Å². The highest BCUT2D eigenvalue weighted by molar-refractivity contribution is 6.34. The van der Waals surface area contributed by atoms with Crippen molar-refractivity contribution in [3.8, 4) is 5.69 Å². The molecule has 1 aromatic heterocycles. The molecular formula is C21H16Cl2N2O4. The summed E-state index contributed by atoms with van der Waals surface area (Å²) in [4.78, 5) is 26.7. The standard InChI is InChI=1S/C21H16Cl2N2O4/c1-11-7-14(10-24-19-8-13(20(26)27)3-6-17(19)22)12(2)25(11)15-4-5-16(21(28)29)18(23)9-15/h3-10H,1-2H3,(H,26,27)(H,28,29). The van der Waals surface area contributed by atoms with Gasteiger partial charge >= 0.3 is 11.9 Å². The summed E-state index contributed by atoms with van der Waals surface area (Å²) in [5.41, 5.74) is 3.76. The Kier molecular flexibility index (Phi) is 5.77. The first kappa shape index (κ1) is 20.6. The summed E-state index contributed by atoms with van der Waals surface area (Å²) in [5, 5.41) is 18.8. The Balaban J connectivity index is 2.00. The van der Waals surface area contributed by atoms with Gasteiger partial charge in [0.15, 0.2) is 0 Å². The minimum absolute atomic E-state index is 0.0348. The van der Waals surface area contributed by atoms with Crippen molar-refractivity contribution >= 4 is 47.0 Å². The van der Waals surface area contributed by atoms with Gasteiger partial charge in [-0.2, -0.15) is 0 Å². The molecule has 0 spiro atoms. The molecule has 2 aromatic carbocycles. The Bertz CT molecular complexity index is 1170. The fraction of sp³-hybridized carbons (Fsp3) is 0.0952. The average molecular weight is 431 g/mol. The summed E-state index contributed by atoms with van der Waals surface area (Å²) < 4.78 is 1.92. The van der Waals surface area contributed by atoms with Gasteiger partial charge in [0.05, 0.1) is 26.9 Å². The zero-order valence-electron chi connectivity index (χ0n) is 15.5. The molecule has 148 valence electrons. The van der Waals surface area contributed by atoms with Crippen LogP contribution in [0.5, 0.6) is 0 Å². The van der Waals surface area contributed by atoms with Crippen molar-refractivity contribution in [2.75, 3.05) is 0 Å². The number of halogens is 2. The van der Waals surface area contributed by atoms with Crippen LogP contribution in [-0.4, -0.2) is 32.9 Å². The van der Waals surface area contributed by atoms with Crippen molar-refractivity contribution < 1.29 is 19.8 Å². The summed E-state index contributed by atoms with van der Waals surface area (Å²) in [6.45, 7) is 3.80. The summed E-state index contributed by atoms with van der Waals surface area (Å²) in [6.07, 6.45) is 1.61. The number of rotatable bonds is 5. The van der Waals surface area contributed by atoms with Crippen molar-refractivity contribution in [1.29, 1.82) is 0 Å². The second kappa shape index (κ2) is 8.11. The molecule has 6 nitrogen and oxygen atoms in total. The number of carbonyl (C=O) groups is 2.